The average molecular weight is 335 g/mol. The molecule has 1 heterocycles. The molecule has 0 bridgehead atoms. The number of rotatable bonds is 4. The van der Waals surface area contributed by atoms with Gasteiger partial charge >= 0.3 is 5.91 Å². The molecule has 0 aliphatic carbocycles. The van der Waals surface area contributed by atoms with Crippen molar-refractivity contribution in [3.05, 3.63) is 52.0 Å². The summed E-state index contributed by atoms with van der Waals surface area (Å²) in [4.78, 5) is 12.3. The summed E-state index contributed by atoms with van der Waals surface area (Å²) in [6, 6.07) is 5.07. The van der Waals surface area contributed by atoms with Gasteiger partial charge in [-0.15, -0.1) is 0 Å². The van der Waals surface area contributed by atoms with Crippen LogP contribution in [0.25, 0.3) is 0 Å². The SMILES string of the molecule is CCc1ccc(C(=O)NS(=O)(=O)c2c(C)c(C)cc(C)c2C)o1. The lowest BCUT2D eigenvalue weighted by Gasteiger charge is -2.15. The third kappa shape index (κ3) is 3.32. The minimum Gasteiger partial charge on any atom is -0.456 e. The smallest absolute Gasteiger partial charge is 0.300 e. The lowest BCUT2D eigenvalue weighted by molar-refractivity contribution is 0.0953. The van der Waals surface area contributed by atoms with Crippen LogP contribution in [0.5, 0.6) is 0 Å². The standard InChI is InChI=1S/C17H21NO4S/c1-6-14-7-8-15(22-14)17(19)18-23(20,21)16-12(4)10(2)9-11(3)13(16)5/h7-9H,6H2,1-5H3,(H,18,19). The lowest BCUT2D eigenvalue weighted by atomic mass is 10.0. The summed E-state index contributed by atoms with van der Waals surface area (Å²) in [6.45, 7) is 9.07. The Morgan fingerprint density at radius 3 is 2.13 bits per heavy atom. The summed E-state index contributed by atoms with van der Waals surface area (Å²) in [7, 11) is -3.97. The fourth-order valence-corrected chi connectivity index (χ4v) is 4.07. The van der Waals surface area contributed by atoms with Crippen LogP contribution in [0.3, 0.4) is 0 Å². The maximum Gasteiger partial charge on any atom is 0.300 e. The minimum atomic E-state index is -3.97. The number of hydrogen-bond donors (Lipinski definition) is 1. The normalized spacial score (nSPS) is 11.5. The summed E-state index contributed by atoms with van der Waals surface area (Å²) < 4.78 is 32.7. The maximum atomic E-state index is 12.7. The molecule has 0 atom stereocenters. The van der Waals surface area contributed by atoms with E-state index in [-0.39, 0.29) is 10.7 Å². The highest BCUT2D eigenvalue weighted by molar-refractivity contribution is 7.90. The molecule has 1 aromatic carbocycles. The highest BCUT2D eigenvalue weighted by atomic mass is 32.2. The van der Waals surface area contributed by atoms with E-state index >= 15 is 0 Å². The molecule has 2 rings (SSSR count). The van der Waals surface area contributed by atoms with E-state index in [1.165, 1.54) is 6.07 Å². The molecular formula is C17H21NO4S. The number of nitrogens with one attached hydrogen (secondary N) is 1. The van der Waals surface area contributed by atoms with E-state index in [2.05, 4.69) is 4.72 Å². The molecule has 0 saturated heterocycles. The van der Waals surface area contributed by atoms with E-state index < -0.39 is 15.9 Å². The van der Waals surface area contributed by atoms with Gasteiger partial charge in [-0.3, -0.25) is 4.79 Å². The van der Waals surface area contributed by atoms with Gasteiger partial charge in [0.2, 0.25) is 0 Å². The Balaban J connectivity index is 2.42. The van der Waals surface area contributed by atoms with Crippen LogP contribution in [0.15, 0.2) is 27.5 Å². The van der Waals surface area contributed by atoms with Crippen molar-refractivity contribution in [3.8, 4) is 0 Å². The first-order chi connectivity index (χ1) is 10.7. The molecule has 1 amide bonds. The van der Waals surface area contributed by atoms with E-state index in [1.54, 1.807) is 19.9 Å². The van der Waals surface area contributed by atoms with Crippen molar-refractivity contribution in [1.29, 1.82) is 0 Å². The van der Waals surface area contributed by atoms with Crippen molar-refractivity contribution in [3.63, 3.8) is 0 Å². The van der Waals surface area contributed by atoms with Crippen molar-refractivity contribution >= 4 is 15.9 Å². The van der Waals surface area contributed by atoms with Gasteiger partial charge < -0.3 is 4.42 Å². The summed E-state index contributed by atoms with van der Waals surface area (Å²) in [6.07, 6.45) is 0.634. The summed E-state index contributed by atoms with van der Waals surface area (Å²) >= 11 is 0. The highest BCUT2D eigenvalue weighted by Gasteiger charge is 2.25. The van der Waals surface area contributed by atoms with Crippen LogP contribution in [0, 0.1) is 27.7 Å². The first kappa shape index (κ1) is 17.3. The van der Waals surface area contributed by atoms with Gasteiger partial charge in [0.15, 0.2) is 5.76 Å². The Bertz CT molecular complexity index is 837. The van der Waals surface area contributed by atoms with Crippen LogP contribution in [-0.2, 0) is 16.4 Å². The lowest BCUT2D eigenvalue weighted by Crippen LogP contribution is -2.31. The van der Waals surface area contributed by atoms with E-state index in [4.69, 9.17) is 4.42 Å². The first-order valence-corrected chi connectivity index (χ1v) is 8.89. The van der Waals surface area contributed by atoms with Crippen LogP contribution in [0.2, 0.25) is 0 Å². The van der Waals surface area contributed by atoms with Gasteiger partial charge in [-0.25, -0.2) is 13.1 Å². The van der Waals surface area contributed by atoms with Crippen molar-refractivity contribution in [2.24, 2.45) is 0 Å². The molecule has 0 aliphatic rings. The molecule has 5 nitrogen and oxygen atoms in total. The Labute approximate surface area is 136 Å². The average Bonchev–Trinajstić information content (AvgIpc) is 2.93. The summed E-state index contributed by atoms with van der Waals surface area (Å²) in [5, 5.41) is 0. The first-order valence-electron chi connectivity index (χ1n) is 7.40. The van der Waals surface area contributed by atoms with E-state index in [0.717, 1.165) is 11.1 Å². The van der Waals surface area contributed by atoms with Gasteiger partial charge in [-0.2, -0.15) is 0 Å². The zero-order chi connectivity index (χ0) is 17.4. The third-order valence-electron chi connectivity index (χ3n) is 4.03. The Morgan fingerprint density at radius 2 is 1.65 bits per heavy atom. The van der Waals surface area contributed by atoms with Crippen LogP contribution in [-0.4, -0.2) is 14.3 Å². The Hall–Kier alpha value is -2.08. The predicted molar refractivity (Wildman–Crippen MR) is 88.1 cm³/mol. The van der Waals surface area contributed by atoms with Gasteiger partial charge in [0, 0.05) is 6.42 Å². The maximum absolute atomic E-state index is 12.7. The van der Waals surface area contributed by atoms with Crippen LogP contribution in [0.4, 0.5) is 0 Å². The molecule has 0 aliphatic heterocycles. The van der Waals surface area contributed by atoms with Gasteiger partial charge in [0.1, 0.15) is 5.76 Å². The molecular weight excluding hydrogens is 314 g/mol. The Kier molecular flexibility index (Phi) is 4.66. The largest absolute Gasteiger partial charge is 0.456 e. The van der Waals surface area contributed by atoms with Gasteiger partial charge in [-0.1, -0.05) is 13.0 Å². The molecule has 6 heteroatoms. The van der Waals surface area contributed by atoms with Gasteiger partial charge in [0.25, 0.3) is 10.0 Å². The number of furan rings is 1. The van der Waals surface area contributed by atoms with Gasteiger partial charge in [0.05, 0.1) is 4.90 Å². The molecule has 1 N–H and O–H groups in total. The number of benzene rings is 1. The summed E-state index contributed by atoms with van der Waals surface area (Å²) in [5.74, 6) is -0.140. The fraction of sp³-hybridized carbons (Fsp3) is 0.353. The fourth-order valence-electron chi connectivity index (χ4n) is 2.50. The van der Waals surface area contributed by atoms with Crippen LogP contribution < -0.4 is 4.72 Å². The van der Waals surface area contributed by atoms with Crippen molar-refractivity contribution < 1.29 is 17.6 Å². The van der Waals surface area contributed by atoms with Crippen LogP contribution >= 0.6 is 0 Å². The molecule has 0 saturated carbocycles. The molecule has 0 fully saturated rings. The number of carbonyl (C=O) groups excluding carboxylic acids is 1. The molecule has 1 aromatic heterocycles. The second kappa shape index (κ2) is 6.20. The molecule has 23 heavy (non-hydrogen) atoms. The highest BCUT2D eigenvalue weighted by Crippen LogP contribution is 2.26. The van der Waals surface area contributed by atoms with E-state index in [0.29, 0.717) is 23.3 Å². The predicted octanol–water partition coefficient (Wildman–Crippen LogP) is 3.19. The van der Waals surface area contributed by atoms with Crippen molar-refractivity contribution in [1.82, 2.24) is 4.72 Å². The zero-order valence-electron chi connectivity index (χ0n) is 14.0. The number of hydrogen-bond acceptors (Lipinski definition) is 4. The third-order valence-corrected chi connectivity index (χ3v) is 5.63. The van der Waals surface area contributed by atoms with Crippen molar-refractivity contribution in [2.75, 3.05) is 0 Å². The van der Waals surface area contributed by atoms with Gasteiger partial charge in [-0.05, 0) is 62.1 Å². The second-order valence-corrected chi connectivity index (χ2v) is 7.26. The number of sulfonamides is 1. The monoisotopic (exact) mass is 335 g/mol. The Morgan fingerprint density at radius 1 is 1.09 bits per heavy atom. The van der Waals surface area contributed by atoms with Crippen molar-refractivity contribution in [2.45, 2.75) is 45.9 Å². The second-order valence-electron chi connectivity index (χ2n) is 5.64. The summed E-state index contributed by atoms with van der Waals surface area (Å²) in [5.41, 5.74) is 3.02. The van der Waals surface area contributed by atoms with E-state index in [1.807, 2.05) is 26.8 Å². The zero-order valence-corrected chi connectivity index (χ0v) is 14.8. The number of amides is 1. The number of carbonyl (C=O) groups is 1. The molecule has 0 spiro atoms. The van der Waals surface area contributed by atoms with Crippen LogP contribution in [0.1, 0.15) is 45.5 Å². The minimum absolute atomic E-state index is 0.00916. The quantitative estimate of drug-likeness (QED) is 0.931. The topological polar surface area (TPSA) is 76.4 Å². The number of aryl methyl sites for hydroxylation is 3. The van der Waals surface area contributed by atoms with E-state index in [9.17, 15) is 13.2 Å². The molecule has 0 unspecified atom stereocenters. The molecule has 0 radical (unpaired) electrons. The molecule has 2 aromatic rings. The molecule has 124 valence electrons.